The number of benzene rings is 1. The number of hydrogen-bond donors (Lipinski definition) is 1. The van der Waals surface area contributed by atoms with Crippen molar-refractivity contribution in [1.29, 1.82) is 0 Å². The lowest BCUT2D eigenvalue weighted by Crippen LogP contribution is -2.26. The predicted octanol–water partition coefficient (Wildman–Crippen LogP) is 2.05. The normalized spacial score (nSPS) is 12.4. The number of carbonyl (C=O) groups is 1. The number of carboxylic acid groups (broad SMARTS) is 1. The van der Waals surface area contributed by atoms with Gasteiger partial charge < -0.3 is 5.11 Å². The number of hydrogen-bond acceptors (Lipinski definition) is 4. The molecule has 0 atom stereocenters. The molecule has 1 aromatic rings. The van der Waals surface area contributed by atoms with Crippen molar-refractivity contribution in [2.24, 2.45) is 0 Å². The summed E-state index contributed by atoms with van der Waals surface area (Å²) in [5.41, 5.74) is 0. The van der Waals surface area contributed by atoms with E-state index in [-0.39, 0.29) is 4.90 Å². The van der Waals surface area contributed by atoms with Crippen molar-refractivity contribution in [3.05, 3.63) is 24.3 Å². The highest BCUT2D eigenvalue weighted by atomic mass is 32.2. The van der Waals surface area contributed by atoms with Gasteiger partial charge in [-0.3, -0.25) is 4.79 Å². The van der Waals surface area contributed by atoms with Crippen molar-refractivity contribution < 1.29 is 18.3 Å². The smallest absolute Gasteiger partial charge is 0.319 e. The molecule has 0 unspecified atom stereocenters. The SMILES string of the molecule is CC(C)(Sc1ccc(S(C)(=O)=O)cc1)C(=O)O. The van der Waals surface area contributed by atoms with E-state index in [9.17, 15) is 13.2 Å². The van der Waals surface area contributed by atoms with Crippen LogP contribution in [0.4, 0.5) is 0 Å². The second-order valence-corrected chi connectivity index (χ2v) is 7.87. The summed E-state index contributed by atoms with van der Waals surface area (Å²) in [6.45, 7) is 3.20. The van der Waals surface area contributed by atoms with E-state index in [0.29, 0.717) is 0 Å². The topological polar surface area (TPSA) is 71.4 Å². The molecule has 17 heavy (non-hydrogen) atoms. The van der Waals surface area contributed by atoms with Gasteiger partial charge in [-0.2, -0.15) is 0 Å². The maximum atomic E-state index is 11.2. The van der Waals surface area contributed by atoms with Crippen molar-refractivity contribution in [2.75, 3.05) is 6.26 Å². The maximum absolute atomic E-state index is 11.2. The Morgan fingerprint density at radius 3 is 2.06 bits per heavy atom. The van der Waals surface area contributed by atoms with Gasteiger partial charge in [-0.15, -0.1) is 11.8 Å². The molecular formula is C11H14O4S2. The number of sulfone groups is 1. The first-order chi connectivity index (χ1) is 7.63. The van der Waals surface area contributed by atoms with Gasteiger partial charge in [0.25, 0.3) is 0 Å². The number of thioether (sulfide) groups is 1. The van der Waals surface area contributed by atoms with Crippen LogP contribution in [0, 0.1) is 0 Å². The Kier molecular flexibility index (Phi) is 3.88. The van der Waals surface area contributed by atoms with Gasteiger partial charge in [-0.25, -0.2) is 8.42 Å². The van der Waals surface area contributed by atoms with E-state index in [1.54, 1.807) is 26.0 Å². The average Bonchev–Trinajstić information content (AvgIpc) is 2.16. The van der Waals surface area contributed by atoms with Gasteiger partial charge in [-0.05, 0) is 38.1 Å². The zero-order chi connectivity index (χ0) is 13.3. The summed E-state index contributed by atoms with van der Waals surface area (Å²) >= 11 is 1.18. The lowest BCUT2D eigenvalue weighted by Gasteiger charge is -2.18. The van der Waals surface area contributed by atoms with Crippen molar-refractivity contribution >= 4 is 27.6 Å². The standard InChI is InChI=1S/C11H14O4S2/c1-11(2,10(12)13)16-8-4-6-9(7-5-8)17(3,14)15/h4-7H,1-3H3,(H,12,13). The highest BCUT2D eigenvalue weighted by Crippen LogP contribution is 2.32. The van der Waals surface area contributed by atoms with Gasteiger partial charge in [0.1, 0.15) is 4.75 Å². The molecular weight excluding hydrogens is 260 g/mol. The zero-order valence-corrected chi connectivity index (χ0v) is 11.4. The highest BCUT2D eigenvalue weighted by Gasteiger charge is 2.28. The van der Waals surface area contributed by atoms with Crippen LogP contribution in [0.1, 0.15) is 13.8 Å². The fourth-order valence-electron chi connectivity index (χ4n) is 1.09. The van der Waals surface area contributed by atoms with E-state index in [1.807, 2.05) is 0 Å². The third kappa shape index (κ3) is 3.74. The summed E-state index contributed by atoms with van der Waals surface area (Å²) in [6.07, 6.45) is 1.14. The summed E-state index contributed by atoms with van der Waals surface area (Å²) in [5.74, 6) is -0.908. The fraction of sp³-hybridized carbons (Fsp3) is 0.364. The molecule has 0 amide bonds. The van der Waals surface area contributed by atoms with Gasteiger partial charge in [-0.1, -0.05) is 0 Å². The Bertz CT molecular complexity index is 515. The lowest BCUT2D eigenvalue weighted by molar-refractivity contribution is -0.138. The lowest BCUT2D eigenvalue weighted by atomic mass is 10.2. The van der Waals surface area contributed by atoms with Gasteiger partial charge in [0.2, 0.25) is 0 Å². The summed E-state index contributed by atoms with van der Waals surface area (Å²) in [4.78, 5) is 11.9. The molecule has 94 valence electrons. The first-order valence-corrected chi connectivity index (χ1v) is 7.56. The Morgan fingerprint density at radius 2 is 1.71 bits per heavy atom. The van der Waals surface area contributed by atoms with E-state index in [0.717, 1.165) is 11.2 Å². The van der Waals surface area contributed by atoms with Crippen molar-refractivity contribution in [1.82, 2.24) is 0 Å². The number of carboxylic acids is 1. The monoisotopic (exact) mass is 274 g/mol. The molecule has 0 aromatic heterocycles. The largest absolute Gasteiger partial charge is 0.480 e. The van der Waals surface area contributed by atoms with Gasteiger partial charge in [0, 0.05) is 11.2 Å². The molecule has 0 saturated carbocycles. The highest BCUT2D eigenvalue weighted by molar-refractivity contribution is 8.01. The molecule has 1 rings (SSSR count). The van der Waals surface area contributed by atoms with Crippen LogP contribution in [-0.2, 0) is 14.6 Å². The van der Waals surface area contributed by atoms with Crippen molar-refractivity contribution in [3.8, 4) is 0 Å². The second-order valence-electron chi connectivity index (χ2n) is 4.16. The quantitative estimate of drug-likeness (QED) is 0.851. The van der Waals surface area contributed by atoms with Crippen molar-refractivity contribution in [2.45, 2.75) is 28.4 Å². The molecule has 6 heteroatoms. The van der Waals surface area contributed by atoms with Crippen LogP contribution in [-0.4, -0.2) is 30.5 Å². The van der Waals surface area contributed by atoms with E-state index < -0.39 is 20.6 Å². The molecule has 0 heterocycles. The molecule has 1 aromatic carbocycles. The molecule has 0 aliphatic carbocycles. The van der Waals surface area contributed by atoms with Crippen LogP contribution in [0.15, 0.2) is 34.1 Å². The Labute approximate surface area is 105 Å². The molecule has 1 N–H and O–H groups in total. The summed E-state index contributed by atoms with van der Waals surface area (Å²) < 4.78 is 21.5. The number of rotatable bonds is 4. The Hall–Kier alpha value is -1.01. The first kappa shape index (κ1) is 14.1. The van der Waals surface area contributed by atoms with Crippen LogP contribution in [0.3, 0.4) is 0 Å². The Morgan fingerprint density at radius 1 is 1.24 bits per heavy atom. The molecule has 0 radical (unpaired) electrons. The maximum Gasteiger partial charge on any atom is 0.319 e. The van der Waals surface area contributed by atoms with E-state index in [4.69, 9.17) is 5.11 Å². The third-order valence-electron chi connectivity index (χ3n) is 2.14. The molecule has 0 fully saturated rings. The van der Waals surface area contributed by atoms with Crippen molar-refractivity contribution in [3.63, 3.8) is 0 Å². The van der Waals surface area contributed by atoms with Gasteiger partial charge >= 0.3 is 5.97 Å². The molecule has 0 aliphatic heterocycles. The van der Waals surface area contributed by atoms with Crippen LogP contribution in [0.25, 0.3) is 0 Å². The minimum absolute atomic E-state index is 0.231. The molecule has 0 saturated heterocycles. The summed E-state index contributed by atoms with van der Waals surface area (Å²) in [7, 11) is -3.21. The van der Waals surface area contributed by atoms with Crippen LogP contribution in [0.5, 0.6) is 0 Å². The molecule has 0 spiro atoms. The minimum Gasteiger partial charge on any atom is -0.480 e. The van der Waals surface area contributed by atoms with Crippen LogP contribution < -0.4 is 0 Å². The minimum atomic E-state index is -3.21. The molecule has 4 nitrogen and oxygen atoms in total. The van der Waals surface area contributed by atoms with E-state index in [1.165, 1.54) is 23.9 Å². The van der Waals surface area contributed by atoms with E-state index in [2.05, 4.69) is 0 Å². The second kappa shape index (κ2) is 4.70. The Balaban J connectivity index is 2.94. The summed E-state index contributed by atoms with van der Waals surface area (Å²) in [5, 5.41) is 8.97. The third-order valence-corrected chi connectivity index (χ3v) is 4.46. The average molecular weight is 274 g/mol. The van der Waals surface area contributed by atoms with Gasteiger partial charge in [0.15, 0.2) is 9.84 Å². The molecule has 0 bridgehead atoms. The van der Waals surface area contributed by atoms with E-state index >= 15 is 0 Å². The fourth-order valence-corrected chi connectivity index (χ4v) is 2.67. The van der Waals surface area contributed by atoms with Crippen LogP contribution in [0.2, 0.25) is 0 Å². The predicted molar refractivity (Wildman–Crippen MR) is 67.1 cm³/mol. The van der Waals surface area contributed by atoms with Crippen LogP contribution >= 0.6 is 11.8 Å². The van der Waals surface area contributed by atoms with Gasteiger partial charge in [0.05, 0.1) is 4.90 Å². The number of aliphatic carboxylic acids is 1. The molecule has 0 aliphatic rings. The zero-order valence-electron chi connectivity index (χ0n) is 9.80. The first-order valence-electron chi connectivity index (χ1n) is 4.85. The summed E-state index contributed by atoms with van der Waals surface area (Å²) in [6, 6.07) is 6.20.